The van der Waals surface area contributed by atoms with Gasteiger partial charge in [0.05, 0.1) is 11.3 Å². The fourth-order valence-electron chi connectivity index (χ4n) is 3.96. The molecule has 104 valence electrons. The Morgan fingerprint density at radius 3 is 3.00 bits per heavy atom. The van der Waals surface area contributed by atoms with Crippen LogP contribution in [0.3, 0.4) is 0 Å². The van der Waals surface area contributed by atoms with Gasteiger partial charge in [0.2, 0.25) is 0 Å². The molecule has 2 saturated carbocycles. The summed E-state index contributed by atoms with van der Waals surface area (Å²) in [4.78, 5) is 19.0. The van der Waals surface area contributed by atoms with Crippen molar-refractivity contribution in [2.45, 2.75) is 31.7 Å². The van der Waals surface area contributed by atoms with Crippen LogP contribution < -0.4 is 11.1 Å². The van der Waals surface area contributed by atoms with Gasteiger partial charge in [-0.05, 0) is 37.2 Å². The molecule has 2 aromatic heterocycles. The van der Waals surface area contributed by atoms with Crippen LogP contribution in [-0.4, -0.2) is 21.9 Å². The molecule has 4 rings (SSSR count). The topological polar surface area (TPSA) is 83.8 Å². The average molecular weight is 270 g/mol. The van der Waals surface area contributed by atoms with E-state index in [9.17, 15) is 4.79 Å². The number of nitrogens with one attached hydrogen (secondary N) is 2. The van der Waals surface area contributed by atoms with Gasteiger partial charge in [-0.1, -0.05) is 6.42 Å². The number of nitrogens with zero attached hydrogens (tertiary/aromatic N) is 1. The first kappa shape index (κ1) is 11.8. The molecule has 3 atom stereocenters. The Labute approximate surface area is 117 Å². The first-order chi connectivity index (χ1) is 9.72. The number of H-pyrrole nitrogens is 1. The van der Waals surface area contributed by atoms with E-state index in [1.54, 1.807) is 6.20 Å². The fraction of sp³-hybridized carbons (Fsp3) is 0.467. The number of primary amides is 1. The standard InChI is InChI=1S/C15H18N4O/c16-14(20)11-7-18-15-10(3-4-17-15)13(11)19-12-6-8-1-2-9(12)5-8/h3-4,7-9,12H,1-2,5-6H2,(H2,16,20)(H2,17,18,19)/t8-,9-,12-/m0/s1. The Morgan fingerprint density at radius 2 is 2.30 bits per heavy atom. The third-order valence-electron chi connectivity index (χ3n) is 4.92. The van der Waals surface area contributed by atoms with Crippen molar-refractivity contribution in [2.24, 2.45) is 17.6 Å². The molecule has 0 saturated heterocycles. The fourth-order valence-corrected chi connectivity index (χ4v) is 3.96. The van der Waals surface area contributed by atoms with Gasteiger partial charge < -0.3 is 16.0 Å². The highest BCUT2D eigenvalue weighted by Gasteiger charge is 2.39. The summed E-state index contributed by atoms with van der Waals surface area (Å²) in [6, 6.07) is 2.41. The van der Waals surface area contributed by atoms with E-state index in [2.05, 4.69) is 15.3 Å². The third kappa shape index (κ3) is 1.69. The molecule has 0 radical (unpaired) electrons. The summed E-state index contributed by atoms with van der Waals surface area (Å²) in [5.41, 5.74) is 7.62. The normalized spacial score (nSPS) is 28.1. The molecule has 1 amide bonds. The first-order valence-corrected chi connectivity index (χ1v) is 7.25. The monoisotopic (exact) mass is 270 g/mol. The van der Waals surface area contributed by atoms with Crippen LogP contribution in [0.4, 0.5) is 5.69 Å². The van der Waals surface area contributed by atoms with E-state index in [0.717, 1.165) is 28.6 Å². The van der Waals surface area contributed by atoms with Crippen LogP contribution >= 0.6 is 0 Å². The van der Waals surface area contributed by atoms with Crippen molar-refractivity contribution < 1.29 is 4.79 Å². The smallest absolute Gasteiger partial charge is 0.252 e. The molecule has 0 aromatic carbocycles. The lowest BCUT2D eigenvalue weighted by atomic mass is 9.94. The van der Waals surface area contributed by atoms with Crippen LogP contribution in [0.2, 0.25) is 0 Å². The molecule has 5 nitrogen and oxygen atoms in total. The van der Waals surface area contributed by atoms with Gasteiger partial charge in [-0.2, -0.15) is 0 Å². The summed E-state index contributed by atoms with van der Waals surface area (Å²) >= 11 is 0. The first-order valence-electron chi connectivity index (χ1n) is 7.25. The Kier molecular flexibility index (Phi) is 2.49. The number of carbonyl (C=O) groups excluding carboxylic acids is 1. The molecule has 2 fully saturated rings. The highest BCUT2D eigenvalue weighted by atomic mass is 16.1. The van der Waals surface area contributed by atoms with Crippen LogP contribution in [0.1, 0.15) is 36.0 Å². The Morgan fingerprint density at radius 1 is 1.40 bits per heavy atom. The number of fused-ring (bicyclic) bond motifs is 3. The number of aromatic nitrogens is 2. The number of anilines is 1. The summed E-state index contributed by atoms with van der Waals surface area (Å²) in [5.74, 6) is 1.17. The van der Waals surface area contributed by atoms with Gasteiger partial charge in [-0.15, -0.1) is 0 Å². The van der Waals surface area contributed by atoms with Crippen molar-refractivity contribution in [2.75, 3.05) is 5.32 Å². The van der Waals surface area contributed by atoms with Crippen molar-refractivity contribution in [3.8, 4) is 0 Å². The molecule has 4 N–H and O–H groups in total. The van der Waals surface area contributed by atoms with E-state index in [-0.39, 0.29) is 0 Å². The maximum atomic E-state index is 11.7. The van der Waals surface area contributed by atoms with Crippen molar-refractivity contribution in [1.82, 2.24) is 9.97 Å². The van der Waals surface area contributed by atoms with Gasteiger partial charge in [0.25, 0.3) is 5.91 Å². The zero-order valence-electron chi connectivity index (χ0n) is 11.2. The number of aromatic amines is 1. The van der Waals surface area contributed by atoms with Gasteiger partial charge in [-0.3, -0.25) is 4.79 Å². The molecule has 0 aliphatic heterocycles. The van der Waals surface area contributed by atoms with Gasteiger partial charge in [0.15, 0.2) is 0 Å². The zero-order valence-corrected chi connectivity index (χ0v) is 11.2. The SMILES string of the molecule is NC(=O)c1cnc2[nH]ccc2c1N[C@H]1C[C@H]2CC[C@H]1C2. The molecule has 20 heavy (non-hydrogen) atoms. The van der Waals surface area contributed by atoms with E-state index in [1.807, 2.05) is 12.3 Å². The van der Waals surface area contributed by atoms with Crippen LogP contribution in [-0.2, 0) is 0 Å². The van der Waals surface area contributed by atoms with Gasteiger partial charge in [0, 0.05) is 23.8 Å². The summed E-state index contributed by atoms with van der Waals surface area (Å²) in [6.45, 7) is 0. The number of amides is 1. The lowest BCUT2D eigenvalue weighted by Gasteiger charge is -2.25. The highest BCUT2D eigenvalue weighted by molar-refractivity contribution is 6.05. The average Bonchev–Trinajstić information content (AvgIpc) is 3.14. The van der Waals surface area contributed by atoms with Gasteiger partial charge >= 0.3 is 0 Å². The molecule has 2 aliphatic rings. The van der Waals surface area contributed by atoms with E-state index in [1.165, 1.54) is 25.7 Å². The maximum Gasteiger partial charge on any atom is 0.252 e. The molecule has 2 heterocycles. The Balaban J connectivity index is 1.75. The number of rotatable bonds is 3. The molecule has 0 unspecified atom stereocenters. The maximum absolute atomic E-state index is 11.7. The zero-order chi connectivity index (χ0) is 13.7. The van der Waals surface area contributed by atoms with Crippen LogP contribution in [0.25, 0.3) is 11.0 Å². The summed E-state index contributed by atoms with van der Waals surface area (Å²) < 4.78 is 0. The summed E-state index contributed by atoms with van der Waals surface area (Å²) in [5, 5.41) is 4.54. The van der Waals surface area contributed by atoms with Crippen LogP contribution in [0.15, 0.2) is 18.5 Å². The predicted octanol–water partition coefficient (Wildman–Crippen LogP) is 2.26. The molecular weight excluding hydrogens is 252 g/mol. The second kappa shape index (κ2) is 4.23. The van der Waals surface area contributed by atoms with E-state index in [0.29, 0.717) is 11.6 Å². The summed E-state index contributed by atoms with van der Waals surface area (Å²) in [6.07, 6.45) is 8.60. The number of carbonyl (C=O) groups is 1. The third-order valence-corrected chi connectivity index (χ3v) is 4.92. The summed E-state index contributed by atoms with van der Waals surface area (Å²) in [7, 11) is 0. The molecule has 5 heteroatoms. The molecule has 2 bridgehead atoms. The van der Waals surface area contributed by atoms with E-state index < -0.39 is 5.91 Å². The lowest BCUT2D eigenvalue weighted by Crippen LogP contribution is -2.27. The largest absolute Gasteiger partial charge is 0.381 e. The minimum Gasteiger partial charge on any atom is -0.381 e. The number of pyridine rings is 1. The highest BCUT2D eigenvalue weighted by Crippen LogP contribution is 2.46. The van der Waals surface area contributed by atoms with E-state index >= 15 is 0 Å². The van der Waals surface area contributed by atoms with Crippen molar-refractivity contribution in [3.05, 3.63) is 24.0 Å². The molecule has 0 spiro atoms. The Bertz CT molecular complexity index is 678. The van der Waals surface area contributed by atoms with Crippen LogP contribution in [0.5, 0.6) is 0 Å². The number of hydrogen-bond donors (Lipinski definition) is 3. The minimum atomic E-state index is -0.425. The van der Waals surface area contributed by atoms with Gasteiger partial charge in [0.1, 0.15) is 5.65 Å². The molecular formula is C15H18N4O. The van der Waals surface area contributed by atoms with Crippen molar-refractivity contribution >= 4 is 22.6 Å². The predicted molar refractivity (Wildman–Crippen MR) is 77.5 cm³/mol. The molecule has 2 aromatic rings. The van der Waals surface area contributed by atoms with Gasteiger partial charge in [-0.25, -0.2) is 4.98 Å². The Hall–Kier alpha value is -2.04. The minimum absolute atomic E-state index is 0.425. The second-order valence-corrected chi connectivity index (χ2v) is 6.08. The quantitative estimate of drug-likeness (QED) is 0.800. The second-order valence-electron chi connectivity index (χ2n) is 6.08. The van der Waals surface area contributed by atoms with E-state index in [4.69, 9.17) is 5.73 Å². The molecule has 2 aliphatic carbocycles. The number of nitrogens with two attached hydrogens (primary N) is 1. The van der Waals surface area contributed by atoms with Crippen molar-refractivity contribution in [1.29, 1.82) is 0 Å². The lowest BCUT2D eigenvalue weighted by molar-refractivity contribution is 0.100. The van der Waals surface area contributed by atoms with Crippen LogP contribution in [0, 0.1) is 11.8 Å². The van der Waals surface area contributed by atoms with Crippen molar-refractivity contribution in [3.63, 3.8) is 0 Å². The number of hydrogen-bond acceptors (Lipinski definition) is 3.